The standard InChI is InChI=1S/C22H25NO5/c1-2-25-17-8-4-5-9-18(17)26-15-21(24)23-16-10-11-19-20(14-16)28-22(27-19)12-6-3-7-13-22/h4-5,8-11,14H,2-3,6-7,12-13,15H2,1H3,(H,23,24). The zero-order valence-corrected chi connectivity index (χ0v) is 16.0. The van der Waals surface area contributed by atoms with Crippen molar-refractivity contribution in [2.45, 2.75) is 44.8 Å². The second kappa shape index (κ2) is 8.00. The van der Waals surface area contributed by atoms with Crippen LogP contribution in [-0.2, 0) is 4.79 Å². The first-order chi connectivity index (χ1) is 13.7. The summed E-state index contributed by atoms with van der Waals surface area (Å²) in [5.74, 6) is 1.82. The molecule has 0 atom stereocenters. The lowest BCUT2D eigenvalue weighted by Crippen LogP contribution is -2.40. The highest BCUT2D eigenvalue weighted by Crippen LogP contribution is 2.46. The minimum Gasteiger partial charge on any atom is -0.490 e. The van der Waals surface area contributed by atoms with Crippen molar-refractivity contribution in [2.24, 2.45) is 0 Å². The fourth-order valence-corrected chi connectivity index (χ4v) is 3.65. The molecule has 2 aromatic rings. The molecule has 28 heavy (non-hydrogen) atoms. The summed E-state index contributed by atoms with van der Waals surface area (Å²) in [4.78, 5) is 12.3. The van der Waals surface area contributed by atoms with E-state index in [0.29, 0.717) is 29.5 Å². The van der Waals surface area contributed by atoms with E-state index in [1.807, 2.05) is 43.3 Å². The number of fused-ring (bicyclic) bond motifs is 1. The lowest BCUT2D eigenvalue weighted by atomic mass is 9.94. The number of carbonyl (C=O) groups is 1. The zero-order valence-electron chi connectivity index (χ0n) is 16.0. The molecule has 1 fully saturated rings. The Morgan fingerprint density at radius 3 is 2.46 bits per heavy atom. The second-order valence-corrected chi connectivity index (χ2v) is 7.05. The number of hydrogen-bond acceptors (Lipinski definition) is 5. The first-order valence-corrected chi connectivity index (χ1v) is 9.84. The number of ether oxygens (including phenoxy) is 4. The summed E-state index contributed by atoms with van der Waals surface area (Å²) >= 11 is 0. The summed E-state index contributed by atoms with van der Waals surface area (Å²) in [6, 6.07) is 12.8. The van der Waals surface area contributed by atoms with Gasteiger partial charge in [-0.2, -0.15) is 0 Å². The third kappa shape index (κ3) is 4.01. The van der Waals surface area contributed by atoms with E-state index in [1.165, 1.54) is 6.42 Å². The van der Waals surface area contributed by atoms with E-state index in [1.54, 1.807) is 6.07 Å². The van der Waals surface area contributed by atoms with E-state index in [2.05, 4.69) is 5.32 Å². The van der Waals surface area contributed by atoms with Crippen molar-refractivity contribution >= 4 is 11.6 Å². The van der Waals surface area contributed by atoms with Gasteiger partial charge in [0.2, 0.25) is 0 Å². The topological polar surface area (TPSA) is 66.0 Å². The maximum absolute atomic E-state index is 12.3. The number of benzene rings is 2. The highest BCUT2D eigenvalue weighted by Gasteiger charge is 2.42. The molecule has 148 valence electrons. The van der Waals surface area contributed by atoms with Crippen molar-refractivity contribution in [3.63, 3.8) is 0 Å². The molecule has 6 nitrogen and oxygen atoms in total. The van der Waals surface area contributed by atoms with Gasteiger partial charge in [-0.15, -0.1) is 0 Å². The Bertz CT molecular complexity index is 845. The maximum Gasteiger partial charge on any atom is 0.262 e. The molecule has 1 aliphatic carbocycles. The monoisotopic (exact) mass is 383 g/mol. The summed E-state index contributed by atoms with van der Waals surface area (Å²) < 4.78 is 23.3. The Labute approximate surface area is 164 Å². The molecule has 1 spiro atoms. The summed E-state index contributed by atoms with van der Waals surface area (Å²) in [6.07, 6.45) is 5.24. The van der Waals surface area contributed by atoms with Crippen LogP contribution in [0.1, 0.15) is 39.0 Å². The normalized spacial score (nSPS) is 16.6. The average Bonchev–Trinajstić information content (AvgIpc) is 3.04. The maximum atomic E-state index is 12.3. The first-order valence-electron chi connectivity index (χ1n) is 9.84. The van der Waals surface area contributed by atoms with Crippen molar-refractivity contribution < 1.29 is 23.7 Å². The highest BCUT2D eigenvalue weighted by molar-refractivity contribution is 5.92. The van der Waals surface area contributed by atoms with Crippen LogP contribution in [-0.4, -0.2) is 24.9 Å². The minimum atomic E-state index is -0.519. The van der Waals surface area contributed by atoms with E-state index < -0.39 is 5.79 Å². The summed E-state index contributed by atoms with van der Waals surface area (Å²) in [7, 11) is 0. The van der Waals surface area contributed by atoms with E-state index >= 15 is 0 Å². The van der Waals surface area contributed by atoms with Crippen LogP contribution in [0.4, 0.5) is 5.69 Å². The largest absolute Gasteiger partial charge is 0.490 e. The van der Waals surface area contributed by atoms with Crippen LogP contribution in [0.15, 0.2) is 42.5 Å². The van der Waals surface area contributed by atoms with Crippen molar-refractivity contribution in [3.8, 4) is 23.0 Å². The van der Waals surface area contributed by atoms with E-state index in [9.17, 15) is 4.79 Å². The molecule has 1 heterocycles. The molecule has 1 saturated carbocycles. The lowest BCUT2D eigenvalue weighted by Gasteiger charge is -2.31. The van der Waals surface area contributed by atoms with Crippen molar-refractivity contribution in [1.29, 1.82) is 0 Å². The second-order valence-electron chi connectivity index (χ2n) is 7.05. The molecular formula is C22H25NO5. The van der Waals surface area contributed by atoms with Gasteiger partial charge >= 0.3 is 0 Å². The fourth-order valence-electron chi connectivity index (χ4n) is 3.65. The van der Waals surface area contributed by atoms with Gasteiger partial charge in [0.15, 0.2) is 29.6 Å². The first kappa shape index (κ1) is 18.5. The van der Waals surface area contributed by atoms with Crippen molar-refractivity contribution in [3.05, 3.63) is 42.5 Å². The summed E-state index contributed by atoms with van der Waals surface area (Å²) in [6.45, 7) is 2.33. The van der Waals surface area contributed by atoms with E-state index in [4.69, 9.17) is 18.9 Å². The molecule has 1 amide bonds. The number of hydrogen-bond donors (Lipinski definition) is 1. The molecule has 2 aromatic carbocycles. The van der Waals surface area contributed by atoms with Crippen molar-refractivity contribution in [2.75, 3.05) is 18.5 Å². The van der Waals surface area contributed by atoms with Crippen LogP contribution in [0.5, 0.6) is 23.0 Å². The molecule has 0 saturated heterocycles. The van der Waals surface area contributed by atoms with Crippen LogP contribution in [0.2, 0.25) is 0 Å². The van der Waals surface area contributed by atoms with Gasteiger partial charge < -0.3 is 24.3 Å². The third-order valence-corrected chi connectivity index (χ3v) is 4.94. The van der Waals surface area contributed by atoms with Gasteiger partial charge in [0.05, 0.1) is 6.61 Å². The SMILES string of the molecule is CCOc1ccccc1OCC(=O)Nc1ccc2c(c1)OC1(CCCCC1)O2. The molecule has 4 rings (SSSR count). The van der Waals surface area contributed by atoms with Gasteiger partial charge in [-0.3, -0.25) is 4.79 Å². The number of para-hydroxylation sites is 2. The summed E-state index contributed by atoms with van der Waals surface area (Å²) in [5, 5.41) is 2.84. The Morgan fingerprint density at radius 1 is 1.00 bits per heavy atom. The summed E-state index contributed by atoms with van der Waals surface area (Å²) in [5.41, 5.74) is 0.655. The third-order valence-electron chi connectivity index (χ3n) is 4.94. The fraction of sp³-hybridized carbons (Fsp3) is 0.409. The predicted octanol–water partition coefficient (Wildman–Crippen LogP) is 4.53. The average molecular weight is 383 g/mol. The van der Waals surface area contributed by atoms with Crippen LogP contribution >= 0.6 is 0 Å². The number of carbonyl (C=O) groups excluding carboxylic acids is 1. The number of rotatable bonds is 6. The number of nitrogens with one attached hydrogen (secondary N) is 1. The van der Waals surface area contributed by atoms with Gasteiger partial charge in [-0.05, 0) is 44.0 Å². The highest BCUT2D eigenvalue weighted by atomic mass is 16.7. The molecular weight excluding hydrogens is 358 g/mol. The Hall–Kier alpha value is -2.89. The molecule has 0 aromatic heterocycles. The van der Waals surface area contributed by atoms with Crippen molar-refractivity contribution in [1.82, 2.24) is 0 Å². The quantitative estimate of drug-likeness (QED) is 0.794. The molecule has 1 N–H and O–H groups in total. The van der Waals surface area contributed by atoms with Gasteiger partial charge in [0, 0.05) is 24.6 Å². The Kier molecular flexibility index (Phi) is 5.28. The smallest absolute Gasteiger partial charge is 0.262 e. The lowest BCUT2D eigenvalue weighted by molar-refractivity contribution is -0.118. The van der Waals surface area contributed by atoms with Gasteiger partial charge in [-0.25, -0.2) is 0 Å². The van der Waals surface area contributed by atoms with Gasteiger partial charge in [-0.1, -0.05) is 18.6 Å². The molecule has 1 aliphatic heterocycles. The number of anilines is 1. The Morgan fingerprint density at radius 2 is 1.71 bits per heavy atom. The zero-order chi connectivity index (χ0) is 19.4. The van der Waals surface area contributed by atoms with E-state index in [0.717, 1.165) is 31.4 Å². The van der Waals surface area contributed by atoms with Gasteiger partial charge in [0.1, 0.15) is 0 Å². The van der Waals surface area contributed by atoms with Crippen LogP contribution in [0, 0.1) is 0 Å². The van der Waals surface area contributed by atoms with Crippen LogP contribution in [0.3, 0.4) is 0 Å². The number of amides is 1. The molecule has 6 heteroatoms. The molecule has 0 bridgehead atoms. The van der Waals surface area contributed by atoms with Crippen LogP contribution in [0.25, 0.3) is 0 Å². The minimum absolute atomic E-state index is 0.109. The van der Waals surface area contributed by atoms with E-state index in [-0.39, 0.29) is 12.5 Å². The molecule has 0 radical (unpaired) electrons. The van der Waals surface area contributed by atoms with Crippen LogP contribution < -0.4 is 24.3 Å². The Balaban J connectivity index is 1.36. The van der Waals surface area contributed by atoms with Gasteiger partial charge in [0.25, 0.3) is 11.7 Å². The molecule has 0 unspecified atom stereocenters. The molecule has 2 aliphatic rings. The predicted molar refractivity (Wildman–Crippen MR) is 105 cm³/mol.